The van der Waals surface area contributed by atoms with Gasteiger partial charge < -0.3 is 10.1 Å². The van der Waals surface area contributed by atoms with Crippen LogP contribution in [-0.2, 0) is 0 Å². The summed E-state index contributed by atoms with van der Waals surface area (Å²) < 4.78 is 18.8. The van der Waals surface area contributed by atoms with Gasteiger partial charge in [0, 0.05) is 44.7 Å². The van der Waals surface area contributed by atoms with Crippen LogP contribution in [0.3, 0.4) is 0 Å². The van der Waals surface area contributed by atoms with E-state index in [-0.39, 0.29) is 12.2 Å². The molecule has 2 aromatic carbocycles. The number of nitrogens with zero attached hydrogens (tertiary/aromatic N) is 1. The number of carbonyl (C=O) groups excluding carboxylic acids is 1. The predicted molar refractivity (Wildman–Crippen MR) is 103 cm³/mol. The van der Waals surface area contributed by atoms with Gasteiger partial charge in [0.2, 0.25) is 0 Å². The highest BCUT2D eigenvalue weighted by atomic mass is 19.1. The van der Waals surface area contributed by atoms with Crippen LogP contribution >= 0.6 is 0 Å². The van der Waals surface area contributed by atoms with Crippen molar-refractivity contribution in [3.63, 3.8) is 0 Å². The number of para-hydroxylation sites is 1. The van der Waals surface area contributed by atoms with Crippen molar-refractivity contribution in [3.05, 3.63) is 66.2 Å². The first-order chi connectivity index (χ1) is 12.7. The molecule has 0 bridgehead atoms. The highest BCUT2D eigenvalue weighted by Crippen LogP contribution is 2.09. The van der Waals surface area contributed by atoms with Crippen molar-refractivity contribution in [1.82, 2.24) is 10.2 Å². The number of methoxy groups -OCH3 is 1. The lowest BCUT2D eigenvalue weighted by Crippen LogP contribution is -2.45. The molecule has 3 rings (SSSR count). The van der Waals surface area contributed by atoms with Gasteiger partial charge in [-0.25, -0.2) is 4.39 Å². The maximum absolute atomic E-state index is 13.8. The molecule has 1 atom stereocenters. The van der Waals surface area contributed by atoms with E-state index in [1.54, 1.807) is 31.4 Å². The summed E-state index contributed by atoms with van der Waals surface area (Å²) in [4.78, 5) is 13.9. The first kappa shape index (κ1) is 20.1. The lowest BCUT2D eigenvalue weighted by Gasteiger charge is -2.28. The molecule has 0 radical (unpaired) electrons. The van der Waals surface area contributed by atoms with Crippen molar-refractivity contribution in [2.45, 2.75) is 12.6 Å². The number of piperazine rings is 1. The Kier molecular flexibility index (Phi) is 8.79. The van der Waals surface area contributed by atoms with E-state index in [9.17, 15) is 9.18 Å². The molecule has 0 amide bonds. The zero-order valence-corrected chi connectivity index (χ0v) is 15.2. The van der Waals surface area contributed by atoms with E-state index in [1.807, 2.05) is 36.4 Å². The Morgan fingerprint density at radius 3 is 2.19 bits per heavy atom. The van der Waals surface area contributed by atoms with Gasteiger partial charge in [-0.05, 0) is 12.1 Å². The molecule has 1 unspecified atom stereocenters. The number of benzene rings is 2. The average molecular weight is 358 g/mol. The van der Waals surface area contributed by atoms with Crippen LogP contribution < -0.4 is 10.1 Å². The molecular formula is C21H27FN2O2. The minimum atomic E-state index is -1.07. The number of Topliss-reactive ketones (excluding diaryl/α,β-unsaturated/α-hetero) is 1. The molecule has 0 aromatic heterocycles. The van der Waals surface area contributed by atoms with Crippen molar-refractivity contribution in [2.75, 3.05) is 39.8 Å². The van der Waals surface area contributed by atoms with Crippen LogP contribution in [0.15, 0.2) is 60.7 Å². The fourth-order valence-electron chi connectivity index (χ4n) is 2.74. The fraction of sp³-hybridized carbons (Fsp3) is 0.381. The van der Waals surface area contributed by atoms with Crippen molar-refractivity contribution in [3.8, 4) is 5.75 Å². The summed E-state index contributed by atoms with van der Waals surface area (Å²) in [5, 5.41) is 3.22. The molecule has 2 aromatic rings. The lowest BCUT2D eigenvalue weighted by molar-refractivity contribution is 0.0916. The summed E-state index contributed by atoms with van der Waals surface area (Å²) in [6.45, 7) is 3.89. The van der Waals surface area contributed by atoms with E-state index in [0.717, 1.165) is 31.9 Å². The van der Waals surface area contributed by atoms with Crippen LogP contribution in [-0.4, -0.2) is 56.7 Å². The molecule has 1 aliphatic rings. The summed E-state index contributed by atoms with van der Waals surface area (Å²) in [5.41, 5.74) is 0.598. The fourth-order valence-corrected chi connectivity index (χ4v) is 2.74. The largest absolute Gasteiger partial charge is 0.497 e. The quantitative estimate of drug-likeness (QED) is 0.805. The van der Waals surface area contributed by atoms with Gasteiger partial charge in [0.15, 0.2) is 5.78 Å². The molecule has 1 aliphatic heterocycles. The monoisotopic (exact) mass is 358 g/mol. The zero-order valence-electron chi connectivity index (χ0n) is 15.2. The molecule has 26 heavy (non-hydrogen) atoms. The molecule has 1 heterocycles. The Hall–Kier alpha value is -2.24. The Morgan fingerprint density at radius 2 is 1.65 bits per heavy atom. The molecule has 1 saturated heterocycles. The van der Waals surface area contributed by atoms with Gasteiger partial charge in [-0.2, -0.15) is 0 Å². The minimum absolute atomic E-state index is 0.0199. The molecule has 1 fully saturated rings. The Bertz CT molecular complexity index is 631. The lowest BCUT2D eigenvalue weighted by atomic mass is 10.1. The van der Waals surface area contributed by atoms with Crippen molar-refractivity contribution in [2.24, 2.45) is 0 Å². The first-order valence-corrected chi connectivity index (χ1v) is 8.93. The second-order valence-corrected chi connectivity index (χ2v) is 6.16. The molecule has 140 valence electrons. The summed E-state index contributed by atoms with van der Waals surface area (Å²) >= 11 is 0. The summed E-state index contributed by atoms with van der Waals surface area (Å²) in [5.74, 6) is 0.797. The van der Waals surface area contributed by atoms with Crippen LogP contribution in [0.2, 0.25) is 0 Å². The number of hydrogen-bond acceptors (Lipinski definition) is 4. The molecule has 5 heteroatoms. The second kappa shape index (κ2) is 11.4. The molecule has 0 spiro atoms. The van der Waals surface area contributed by atoms with Crippen molar-refractivity contribution in [1.29, 1.82) is 0 Å². The second-order valence-electron chi connectivity index (χ2n) is 6.16. The van der Waals surface area contributed by atoms with Gasteiger partial charge in [-0.3, -0.25) is 9.69 Å². The zero-order chi connectivity index (χ0) is 18.6. The standard InChI is InChI=1S/C14H19FN2O.C7H8O/c15-13(11-17-8-6-16-7-9-17)10-14(18)12-4-2-1-3-5-12;1-8-7-5-3-2-4-6-7/h1-5,13,16H,6-11H2;2-6H,1H3. The van der Waals surface area contributed by atoms with Gasteiger partial charge >= 0.3 is 0 Å². The third kappa shape index (κ3) is 7.33. The number of alkyl halides is 1. The SMILES string of the molecule is COc1ccccc1.O=C(CC(F)CN1CCNCC1)c1ccccc1. The predicted octanol–water partition coefficient (Wildman–Crippen LogP) is 3.20. The van der Waals surface area contributed by atoms with E-state index in [1.165, 1.54) is 0 Å². The molecule has 1 N–H and O–H groups in total. The van der Waals surface area contributed by atoms with Gasteiger partial charge in [-0.15, -0.1) is 0 Å². The highest BCUT2D eigenvalue weighted by Gasteiger charge is 2.18. The van der Waals surface area contributed by atoms with E-state index in [2.05, 4.69) is 10.2 Å². The highest BCUT2D eigenvalue weighted by molar-refractivity contribution is 5.96. The van der Waals surface area contributed by atoms with Crippen LogP contribution in [0.25, 0.3) is 0 Å². The molecule has 4 nitrogen and oxygen atoms in total. The maximum atomic E-state index is 13.8. The summed E-state index contributed by atoms with van der Waals surface area (Å²) in [6, 6.07) is 18.6. The van der Waals surface area contributed by atoms with Crippen LogP contribution in [0.1, 0.15) is 16.8 Å². The molecule has 0 aliphatic carbocycles. The van der Waals surface area contributed by atoms with Gasteiger partial charge in [0.25, 0.3) is 0 Å². The summed E-state index contributed by atoms with van der Waals surface area (Å²) in [7, 11) is 1.66. The minimum Gasteiger partial charge on any atom is -0.497 e. The summed E-state index contributed by atoms with van der Waals surface area (Å²) in [6.07, 6.45) is -1.09. The van der Waals surface area contributed by atoms with Crippen molar-refractivity contribution < 1.29 is 13.9 Å². The third-order valence-corrected chi connectivity index (χ3v) is 4.15. The van der Waals surface area contributed by atoms with Gasteiger partial charge in [0.05, 0.1) is 7.11 Å². The first-order valence-electron chi connectivity index (χ1n) is 8.93. The van der Waals surface area contributed by atoms with E-state index in [0.29, 0.717) is 12.1 Å². The van der Waals surface area contributed by atoms with Gasteiger partial charge in [0.1, 0.15) is 11.9 Å². The number of halogens is 1. The normalized spacial score (nSPS) is 15.5. The van der Waals surface area contributed by atoms with Crippen LogP contribution in [0.4, 0.5) is 4.39 Å². The number of ketones is 1. The topological polar surface area (TPSA) is 41.6 Å². The van der Waals surface area contributed by atoms with E-state index < -0.39 is 6.17 Å². The average Bonchev–Trinajstić information content (AvgIpc) is 2.70. The van der Waals surface area contributed by atoms with Gasteiger partial charge in [-0.1, -0.05) is 48.5 Å². The third-order valence-electron chi connectivity index (χ3n) is 4.15. The number of ether oxygens (including phenoxy) is 1. The smallest absolute Gasteiger partial charge is 0.165 e. The molecular weight excluding hydrogens is 331 g/mol. The Balaban J connectivity index is 0.000000254. The van der Waals surface area contributed by atoms with Crippen molar-refractivity contribution >= 4 is 5.78 Å². The number of hydrogen-bond donors (Lipinski definition) is 1. The Morgan fingerprint density at radius 1 is 1.08 bits per heavy atom. The molecule has 0 saturated carbocycles. The van der Waals surface area contributed by atoms with E-state index >= 15 is 0 Å². The number of carbonyl (C=O) groups is 1. The maximum Gasteiger partial charge on any atom is 0.165 e. The van der Waals surface area contributed by atoms with E-state index in [4.69, 9.17) is 4.74 Å². The number of nitrogens with one attached hydrogen (secondary N) is 1. The van der Waals surface area contributed by atoms with Crippen LogP contribution in [0, 0.1) is 0 Å². The number of rotatable bonds is 6. The van der Waals surface area contributed by atoms with Crippen LogP contribution in [0.5, 0.6) is 5.75 Å². The Labute approximate surface area is 155 Å².